The van der Waals surface area contributed by atoms with Crippen LogP contribution in [-0.4, -0.2) is 20.4 Å². The van der Waals surface area contributed by atoms with Gasteiger partial charge in [0.05, 0.1) is 38.3 Å². The van der Waals surface area contributed by atoms with E-state index in [1.165, 1.54) is 28.9 Å². The number of benzene rings is 3. The zero-order chi connectivity index (χ0) is 22.8. The van der Waals surface area contributed by atoms with E-state index in [0.29, 0.717) is 38.4 Å². The minimum Gasteiger partial charge on any atom is -0.290 e. The lowest BCUT2D eigenvalue weighted by molar-refractivity contribution is -0.384. The second kappa shape index (κ2) is 8.82. The van der Waals surface area contributed by atoms with Gasteiger partial charge in [-0.1, -0.05) is 53.5 Å². The van der Waals surface area contributed by atoms with E-state index in [1.807, 2.05) is 30.3 Å². The van der Waals surface area contributed by atoms with Gasteiger partial charge < -0.3 is 0 Å². The van der Waals surface area contributed by atoms with Crippen molar-refractivity contribution in [2.24, 2.45) is 4.99 Å². The number of halogens is 2. The van der Waals surface area contributed by atoms with E-state index < -0.39 is 4.92 Å². The van der Waals surface area contributed by atoms with Gasteiger partial charge in [-0.05, 0) is 37.3 Å². The molecule has 1 aromatic heterocycles. The summed E-state index contributed by atoms with van der Waals surface area (Å²) in [6.45, 7) is 1.72. The van der Waals surface area contributed by atoms with Crippen LogP contribution in [0.5, 0.6) is 0 Å². The second-order valence-corrected chi connectivity index (χ2v) is 7.78. The maximum absolute atomic E-state index is 13.4. The van der Waals surface area contributed by atoms with Gasteiger partial charge in [0.1, 0.15) is 0 Å². The van der Waals surface area contributed by atoms with Gasteiger partial charge in [-0.3, -0.25) is 25.0 Å². The molecule has 3 aromatic carbocycles. The van der Waals surface area contributed by atoms with Crippen LogP contribution in [0.15, 0.2) is 82.6 Å². The number of nitro groups is 1. The third kappa shape index (κ3) is 4.21. The van der Waals surface area contributed by atoms with Crippen LogP contribution in [0.4, 0.5) is 11.4 Å². The Balaban J connectivity index is 1.90. The van der Waals surface area contributed by atoms with Crippen molar-refractivity contribution < 1.29 is 4.92 Å². The van der Waals surface area contributed by atoms with Crippen molar-refractivity contribution >= 4 is 40.3 Å². The molecule has 0 bridgehead atoms. The summed E-state index contributed by atoms with van der Waals surface area (Å²) < 4.78 is 1.34. The third-order valence-electron chi connectivity index (χ3n) is 4.83. The van der Waals surface area contributed by atoms with Crippen molar-refractivity contribution in [2.75, 3.05) is 0 Å². The first-order valence-corrected chi connectivity index (χ1v) is 10.3. The summed E-state index contributed by atoms with van der Waals surface area (Å²) in [5.74, 6) is 0. The maximum atomic E-state index is 13.4. The van der Waals surface area contributed by atoms with Crippen molar-refractivity contribution in [2.45, 2.75) is 6.92 Å². The van der Waals surface area contributed by atoms with Crippen molar-refractivity contribution in [3.63, 3.8) is 0 Å². The molecule has 160 valence electrons. The van der Waals surface area contributed by atoms with Crippen LogP contribution >= 0.6 is 23.2 Å². The number of nitrogens with zero attached hydrogens (tertiary/aromatic N) is 3. The van der Waals surface area contributed by atoms with Gasteiger partial charge in [-0.15, -0.1) is 0 Å². The monoisotopic (exact) mass is 466 g/mol. The third-order valence-corrected chi connectivity index (χ3v) is 5.37. The van der Waals surface area contributed by atoms with Gasteiger partial charge >= 0.3 is 0 Å². The number of aromatic nitrogens is 2. The first-order valence-electron chi connectivity index (χ1n) is 9.51. The number of rotatable bonds is 5. The normalized spacial score (nSPS) is 11.5. The molecule has 4 aromatic rings. The molecule has 0 atom stereocenters. The van der Waals surface area contributed by atoms with Crippen LogP contribution in [0.1, 0.15) is 12.5 Å². The smallest absolute Gasteiger partial charge is 0.280 e. The molecule has 0 aliphatic carbocycles. The molecule has 7 nitrogen and oxygen atoms in total. The van der Waals surface area contributed by atoms with E-state index in [-0.39, 0.29) is 11.2 Å². The number of hydrogen-bond acceptors (Lipinski definition) is 4. The van der Waals surface area contributed by atoms with Crippen molar-refractivity contribution in [1.82, 2.24) is 9.78 Å². The number of non-ortho nitro benzene ring substituents is 1. The molecule has 0 aliphatic heterocycles. The van der Waals surface area contributed by atoms with Crippen LogP contribution in [-0.2, 0) is 0 Å². The zero-order valence-electron chi connectivity index (χ0n) is 16.8. The molecule has 0 saturated carbocycles. The molecule has 0 unspecified atom stereocenters. The first kappa shape index (κ1) is 21.5. The Bertz CT molecular complexity index is 1390. The largest absolute Gasteiger partial charge is 0.290 e. The average Bonchev–Trinajstić information content (AvgIpc) is 3.13. The summed E-state index contributed by atoms with van der Waals surface area (Å²) in [6, 6.07) is 20.0. The lowest BCUT2D eigenvalue weighted by atomic mass is 10.1. The number of aromatic amines is 1. The lowest BCUT2D eigenvalue weighted by Gasteiger charge is -2.04. The summed E-state index contributed by atoms with van der Waals surface area (Å²) in [5, 5.41) is 14.9. The maximum Gasteiger partial charge on any atom is 0.280 e. The van der Waals surface area contributed by atoms with E-state index in [4.69, 9.17) is 23.2 Å². The van der Waals surface area contributed by atoms with Gasteiger partial charge in [0.15, 0.2) is 0 Å². The van der Waals surface area contributed by atoms with Gasteiger partial charge in [-0.2, -0.15) is 0 Å². The fraction of sp³-hybridized carbons (Fsp3) is 0.0435. The highest BCUT2D eigenvalue weighted by atomic mass is 35.5. The Labute approximate surface area is 192 Å². The molecule has 0 amide bonds. The van der Waals surface area contributed by atoms with Crippen LogP contribution in [0, 0.1) is 10.1 Å². The lowest BCUT2D eigenvalue weighted by Crippen LogP contribution is -2.19. The molecule has 0 fully saturated rings. The minimum atomic E-state index is -0.491. The highest BCUT2D eigenvalue weighted by Gasteiger charge is 2.20. The van der Waals surface area contributed by atoms with E-state index >= 15 is 0 Å². The van der Waals surface area contributed by atoms with E-state index in [1.54, 1.807) is 25.1 Å². The molecule has 1 N–H and O–H groups in total. The molecular formula is C23H16Cl2N4O3. The highest BCUT2D eigenvalue weighted by Crippen LogP contribution is 2.29. The van der Waals surface area contributed by atoms with E-state index in [0.717, 1.165) is 5.56 Å². The molecule has 0 spiro atoms. The molecule has 1 heterocycles. The molecular weight excluding hydrogens is 451 g/mol. The Morgan fingerprint density at radius 3 is 2.34 bits per heavy atom. The predicted octanol–water partition coefficient (Wildman–Crippen LogP) is 6.19. The Kier molecular flexibility index (Phi) is 5.94. The predicted molar refractivity (Wildman–Crippen MR) is 127 cm³/mol. The summed E-state index contributed by atoms with van der Waals surface area (Å²) in [6.07, 6.45) is 0. The number of nitro benzene ring substituents is 1. The summed E-state index contributed by atoms with van der Waals surface area (Å²) >= 11 is 12.2. The molecule has 0 aliphatic rings. The standard InChI is InChI=1S/C23H16Cl2N4O3/c1-14(26-20-12-7-16(24)13-19(20)25)21-22(15-5-3-2-4-6-15)27-28(23(21)30)17-8-10-18(11-9-17)29(31)32/h2-13,27H,1H3. The van der Waals surface area contributed by atoms with Crippen LogP contribution < -0.4 is 5.56 Å². The summed E-state index contributed by atoms with van der Waals surface area (Å²) in [4.78, 5) is 28.5. The van der Waals surface area contributed by atoms with Crippen LogP contribution in [0.3, 0.4) is 0 Å². The van der Waals surface area contributed by atoms with Crippen molar-refractivity contribution in [3.05, 3.63) is 109 Å². The van der Waals surface area contributed by atoms with Gasteiger partial charge in [0.2, 0.25) is 0 Å². The second-order valence-electron chi connectivity index (χ2n) is 6.93. The molecule has 0 saturated heterocycles. The van der Waals surface area contributed by atoms with Crippen molar-refractivity contribution in [1.29, 1.82) is 0 Å². The molecule has 32 heavy (non-hydrogen) atoms. The number of hydrogen-bond donors (Lipinski definition) is 1. The molecule has 9 heteroatoms. The number of aliphatic imine (C=N–C) groups is 1. The summed E-state index contributed by atoms with van der Waals surface area (Å²) in [7, 11) is 0. The minimum absolute atomic E-state index is 0.0630. The Morgan fingerprint density at radius 2 is 1.72 bits per heavy atom. The van der Waals surface area contributed by atoms with E-state index in [9.17, 15) is 14.9 Å². The van der Waals surface area contributed by atoms with Crippen LogP contribution in [0.2, 0.25) is 10.0 Å². The molecule has 0 radical (unpaired) electrons. The Hall–Kier alpha value is -3.68. The first-order chi connectivity index (χ1) is 15.3. The SMILES string of the molecule is CC(=Nc1ccc(Cl)cc1Cl)c1c(-c2ccccc2)[nH]n(-c2ccc([N+](=O)[O-])cc2)c1=O. The van der Waals surface area contributed by atoms with Gasteiger partial charge in [0.25, 0.3) is 11.2 Å². The quantitative estimate of drug-likeness (QED) is 0.216. The highest BCUT2D eigenvalue weighted by molar-refractivity contribution is 6.36. The summed E-state index contributed by atoms with van der Waals surface area (Å²) in [5.41, 5.74) is 2.71. The van der Waals surface area contributed by atoms with Gasteiger partial charge in [0, 0.05) is 22.7 Å². The van der Waals surface area contributed by atoms with Gasteiger partial charge in [-0.25, -0.2) is 4.68 Å². The fourth-order valence-electron chi connectivity index (χ4n) is 3.30. The molecule has 4 rings (SSSR count). The fourth-order valence-corrected chi connectivity index (χ4v) is 3.75. The Morgan fingerprint density at radius 1 is 1.03 bits per heavy atom. The van der Waals surface area contributed by atoms with Crippen LogP contribution in [0.25, 0.3) is 16.9 Å². The topological polar surface area (TPSA) is 93.3 Å². The average molecular weight is 467 g/mol. The van der Waals surface area contributed by atoms with Crippen molar-refractivity contribution in [3.8, 4) is 16.9 Å². The van der Waals surface area contributed by atoms with E-state index in [2.05, 4.69) is 10.1 Å². The zero-order valence-corrected chi connectivity index (χ0v) is 18.3. The number of H-pyrrole nitrogens is 1. The number of nitrogens with one attached hydrogen (secondary N) is 1.